The number of amides is 2. The second-order valence-electron chi connectivity index (χ2n) is 7.21. The number of ether oxygens (including phenoxy) is 3. The number of carbonyl (C=O) groups excluding carboxylic acids is 2. The van der Waals surface area contributed by atoms with Gasteiger partial charge in [0.05, 0.1) is 26.3 Å². The van der Waals surface area contributed by atoms with Crippen molar-refractivity contribution < 1.29 is 28.7 Å². The van der Waals surface area contributed by atoms with E-state index in [-0.39, 0.29) is 22.1 Å². The molecule has 0 heterocycles. The van der Waals surface area contributed by atoms with Crippen molar-refractivity contribution in [1.82, 2.24) is 5.32 Å². The van der Waals surface area contributed by atoms with E-state index in [2.05, 4.69) is 10.6 Å². The van der Waals surface area contributed by atoms with Crippen LogP contribution in [0, 0.1) is 10.1 Å². The number of rotatable bonds is 9. The van der Waals surface area contributed by atoms with Gasteiger partial charge >= 0.3 is 0 Å². The van der Waals surface area contributed by atoms with Crippen LogP contribution in [-0.2, 0) is 4.79 Å². The Labute approximate surface area is 211 Å². The molecule has 0 spiro atoms. The first kappa shape index (κ1) is 26.0. The number of methoxy groups -OCH3 is 3. The van der Waals surface area contributed by atoms with Crippen molar-refractivity contribution in [2.45, 2.75) is 0 Å². The summed E-state index contributed by atoms with van der Waals surface area (Å²) in [5.41, 5.74) is 0.364. The minimum Gasteiger partial charge on any atom is -0.493 e. The van der Waals surface area contributed by atoms with Gasteiger partial charge in [0.2, 0.25) is 5.75 Å². The molecule has 10 nitrogen and oxygen atoms in total. The van der Waals surface area contributed by atoms with Crippen LogP contribution in [0.15, 0.2) is 66.4 Å². The monoisotopic (exact) mass is 511 g/mol. The molecule has 11 heteroatoms. The first-order chi connectivity index (χ1) is 17.3. The molecule has 0 aliphatic carbocycles. The highest BCUT2D eigenvalue weighted by molar-refractivity contribution is 6.32. The van der Waals surface area contributed by atoms with E-state index in [4.69, 9.17) is 25.8 Å². The fourth-order valence-electron chi connectivity index (χ4n) is 3.22. The fraction of sp³-hybridized carbons (Fsp3) is 0.120. The number of nitrogens with one attached hydrogen (secondary N) is 2. The fourth-order valence-corrected chi connectivity index (χ4v) is 3.41. The Morgan fingerprint density at radius 1 is 0.944 bits per heavy atom. The number of nitro groups is 1. The lowest BCUT2D eigenvalue weighted by molar-refractivity contribution is -0.384. The lowest BCUT2D eigenvalue weighted by Gasteiger charge is -2.14. The molecule has 2 N–H and O–H groups in total. The molecule has 3 aromatic carbocycles. The zero-order valence-corrected chi connectivity index (χ0v) is 20.3. The van der Waals surface area contributed by atoms with Crippen LogP contribution in [0.25, 0.3) is 6.08 Å². The van der Waals surface area contributed by atoms with Crippen LogP contribution in [-0.4, -0.2) is 38.1 Å². The number of halogens is 1. The maximum atomic E-state index is 13.2. The molecule has 3 aromatic rings. The second-order valence-corrected chi connectivity index (χ2v) is 7.62. The van der Waals surface area contributed by atoms with Gasteiger partial charge in [-0.2, -0.15) is 0 Å². The van der Waals surface area contributed by atoms with Crippen molar-refractivity contribution in [2.75, 3.05) is 26.6 Å². The third kappa shape index (κ3) is 6.10. The predicted octanol–water partition coefficient (Wildman–Crippen LogP) is 4.68. The lowest BCUT2D eigenvalue weighted by Crippen LogP contribution is -2.30. The molecule has 2 amide bonds. The average molecular weight is 512 g/mol. The first-order valence-electron chi connectivity index (χ1n) is 10.4. The van der Waals surface area contributed by atoms with Gasteiger partial charge in [-0.3, -0.25) is 19.7 Å². The van der Waals surface area contributed by atoms with Gasteiger partial charge in [-0.15, -0.1) is 0 Å². The van der Waals surface area contributed by atoms with Gasteiger partial charge < -0.3 is 24.8 Å². The van der Waals surface area contributed by atoms with Crippen molar-refractivity contribution in [1.29, 1.82) is 0 Å². The van der Waals surface area contributed by atoms with Crippen LogP contribution in [0.4, 0.5) is 11.4 Å². The van der Waals surface area contributed by atoms with Gasteiger partial charge in [0.1, 0.15) is 10.7 Å². The van der Waals surface area contributed by atoms with E-state index in [1.807, 2.05) is 0 Å². The summed E-state index contributed by atoms with van der Waals surface area (Å²) < 4.78 is 16.0. The van der Waals surface area contributed by atoms with Crippen molar-refractivity contribution in [3.63, 3.8) is 0 Å². The van der Waals surface area contributed by atoms with E-state index in [1.165, 1.54) is 39.5 Å². The summed E-state index contributed by atoms with van der Waals surface area (Å²) in [6.45, 7) is 0. The standard InChI is InChI=1S/C25H22ClN3O7/c1-34-21-12-15(13-22(35-2)23(21)36-3)11-19(28-24(30)16-7-5-4-6-8-16)25(31)27-17-9-10-18(26)20(14-17)29(32)33/h4-14H,1-3H3,(H,27,31)(H,28,30)/b19-11-. The van der Waals surface area contributed by atoms with Crippen molar-refractivity contribution in [3.05, 3.63) is 92.6 Å². The minimum atomic E-state index is -0.732. The summed E-state index contributed by atoms with van der Waals surface area (Å²) >= 11 is 5.86. The van der Waals surface area contributed by atoms with Gasteiger partial charge in [-0.1, -0.05) is 29.8 Å². The predicted molar refractivity (Wildman–Crippen MR) is 135 cm³/mol. The molecule has 36 heavy (non-hydrogen) atoms. The number of benzene rings is 3. The van der Waals surface area contributed by atoms with E-state index < -0.39 is 16.7 Å². The molecular formula is C25H22ClN3O7. The van der Waals surface area contributed by atoms with Crippen molar-refractivity contribution in [2.24, 2.45) is 0 Å². The second kappa shape index (κ2) is 11.7. The average Bonchev–Trinajstić information content (AvgIpc) is 2.88. The highest BCUT2D eigenvalue weighted by Crippen LogP contribution is 2.38. The van der Waals surface area contributed by atoms with Gasteiger partial charge in [-0.05, 0) is 48.0 Å². The summed E-state index contributed by atoms with van der Waals surface area (Å²) in [5.74, 6) is -0.239. The van der Waals surface area contributed by atoms with Crippen LogP contribution >= 0.6 is 11.6 Å². The van der Waals surface area contributed by atoms with E-state index in [0.29, 0.717) is 28.4 Å². The van der Waals surface area contributed by atoms with Gasteiger partial charge in [-0.25, -0.2) is 0 Å². The molecule has 0 bridgehead atoms. The zero-order valence-electron chi connectivity index (χ0n) is 19.5. The van der Waals surface area contributed by atoms with Crippen LogP contribution in [0.1, 0.15) is 15.9 Å². The maximum absolute atomic E-state index is 13.2. The van der Waals surface area contributed by atoms with Crippen molar-refractivity contribution in [3.8, 4) is 17.2 Å². The maximum Gasteiger partial charge on any atom is 0.289 e. The zero-order chi connectivity index (χ0) is 26.2. The quantitative estimate of drug-likeness (QED) is 0.242. The number of anilines is 1. The van der Waals surface area contributed by atoms with E-state index in [1.54, 1.807) is 42.5 Å². The molecule has 0 unspecified atom stereocenters. The summed E-state index contributed by atoms with van der Waals surface area (Å²) in [4.78, 5) is 36.6. The Hall–Kier alpha value is -4.57. The number of carbonyl (C=O) groups is 2. The summed E-state index contributed by atoms with van der Waals surface area (Å²) in [5, 5.41) is 16.3. The third-order valence-corrected chi connectivity index (χ3v) is 5.25. The van der Waals surface area contributed by atoms with E-state index >= 15 is 0 Å². The highest BCUT2D eigenvalue weighted by atomic mass is 35.5. The first-order valence-corrected chi connectivity index (χ1v) is 10.8. The normalized spacial score (nSPS) is 10.8. The molecule has 0 radical (unpaired) electrons. The smallest absolute Gasteiger partial charge is 0.289 e. The van der Waals surface area contributed by atoms with Crippen molar-refractivity contribution >= 4 is 40.9 Å². The minimum absolute atomic E-state index is 0.0800. The van der Waals surface area contributed by atoms with Crippen LogP contribution in [0.2, 0.25) is 5.02 Å². The molecule has 0 aliphatic heterocycles. The molecule has 0 aromatic heterocycles. The summed E-state index contributed by atoms with van der Waals surface area (Å²) in [7, 11) is 4.35. The summed E-state index contributed by atoms with van der Waals surface area (Å²) in [6, 6.07) is 15.3. The van der Waals surface area contributed by atoms with Crippen LogP contribution < -0.4 is 24.8 Å². The van der Waals surface area contributed by atoms with E-state index in [0.717, 1.165) is 6.07 Å². The molecule has 0 fully saturated rings. The topological polar surface area (TPSA) is 129 Å². The molecule has 0 atom stereocenters. The SMILES string of the molecule is COc1cc(/C=C(\NC(=O)c2ccccc2)C(=O)Nc2ccc(Cl)c([N+](=O)[O-])c2)cc(OC)c1OC. The van der Waals surface area contributed by atoms with Gasteiger partial charge in [0, 0.05) is 17.3 Å². The molecule has 0 saturated heterocycles. The Balaban J connectivity index is 2.03. The van der Waals surface area contributed by atoms with Crippen LogP contribution in [0.3, 0.4) is 0 Å². The molecule has 0 aliphatic rings. The molecule has 3 rings (SSSR count). The van der Waals surface area contributed by atoms with E-state index in [9.17, 15) is 19.7 Å². The van der Waals surface area contributed by atoms with Gasteiger partial charge in [0.15, 0.2) is 11.5 Å². The largest absolute Gasteiger partial charge is 0.493 e. The number of hydrogen-bond donors (Lipinski definition) is 2. The Bertz CT molecular complexity index is 1300. The third-order valence-electron chi connectivity index (χ3n) is 4.93. The van der Waals surface area contributed by atoms with Crippen LogP contribution in [0.5, 0.6) is 17.2 Å². The lowest BCUT2D eigenvalue weighted by atomic mass is 10.1. The Kier molecular flexibility index (Phi) is 8.48. The highest BCUT2D eigenvalue weighted by Gasteiger charge is 2.19. The number of nitro benzene ring substituents is 1. The number of nitrogens with zero attached hydrogens (tertiary/aromatic N) is 1. The van der Waals surface area contributed by atoms with Gasteiger partial charge in [0.25, 0.3) is 17.5 Å². The Morgan fingerprint density at radius 2 is 1.58 bits per heavy atom. The number of hydrogen-bond acceptors (Lipinski definition) is 7. The molecular weight excluding hydrogens is 490 g/mol. The molecule has 0 saturated carbocycles. The Morgan fingerprint density at radius 3 is 2.14 bits per heavy atom. The molecule has 186 valence electrons. The summed E-state index contributed by atoms with van der Waals surface area (Å²) in [6.07, 6.45) is 1.41.